The number of rotatable bonds is 8. The maximum absolute atomic E-state index is 13.1. The lowest BCUT2D eigenvalue weighted by atomic mass is 10.0. The molecule has 0 saturated carbocycles. The van der Waals surface area contributed by atoms with Gasteiger partial charge in [-0.15, -0.1) is 11.3 Å². The molecule has 1 aromatic carbocycles. The number of hydrogen-bond acceptors (Lipinski definition) is 5. The second-order valence-electron chi connectivity index (χ2n) is 7.05. The number of thiophene rings is 1. The van der Waals surface area contributed by atoms with Crippen LogP contribution in [0, 0.1) is 0 Å². The van der Waals surface area contributed by atoms with E-state index in [1.807, 2.05) is 36.1 Å². The fraction of sp³-hybridized carbons (Fsp3) is 0.455. The van der Waals surface area contributed by atoms with E-state index in [1.54, 1.807) is 23.3 Å². The molecule has 1 aromatic heterocycles. The van der Waals surface area contributed by atoms with Gasteiger partial charge in [0.1, 0.15) is 6.61 Å². The minimum absolute atomic E-state index is 0.0425. The van der Waals surface area contributed by atoms with Gasteiger partial charge in [-0.25, -0.2) is 0 Å². The fourth-order valence-corrected chi connectivity index (χ4v) is 4.58. The second-order valence-corrected chi connectivity index (χ2v) is 8.06. The highest BCUT2D eigenvalue weighted by Gasteiger charge is 2.33. The Kier molecular flexibility index (Phi) is 7.14. The number of methoxy groups -OCH3 is 1. The summed E-state index contributed by atoms with van der Waals surface area (Å²) in [5.41, 5.74) is 1.13. The van der Waals surface area contributed by atoms with Gasteiger partial charge in [0.15, 0.2) is 11.5 Å². The van der Waals surface area contributed by atoms with Crippen LogP contribution in [0.25, 0.3) is 0 Å². The van der Waals surface area contributed by atoms with Gasteiger partial charge in [0.2, 0.25) is 11.8 Å². The first-order valence-electron chi connectivity index (χ1n) is 9.92. The summed E-state index contributed by atoms with van der Waals surface area (Å²) in [7, 11) is 1.61. The Labute approximate surface area is 176 Å². The molecule has 2 aromatic rings. The van der Waals surface area contributed by atoms with Crippen molar-refractivity contribution in [2.45, 2.75) is 32.7 Å². The van der Waals surface area contributed by atoms with Crippen molar-refractivity contribution in [2.24, 2.45) is 0 Å². The van der Waals surface area contributed by atoms with Crippen molar-refractivity contribution in [1.29, 1.82) is 0 Å². The van der Waals surface area contributed by atoms with Crippen molar-refractivity contribution in [3.05, 3.63) is 46.2 Å². The average molecular weight is 417 g/mol. The lowest BCUT2D eigenvalue weighted by Gasteiger charge is -2.37. The molecule has 2 heterocycles. The Morgan fingerprint density at radius 3 is 2.69 bits per heavy atom. The predicted molar refractivity (Wildman–Crippen MR) is 114 cm³/mol. The van der Waals surface area contributed by atoms with Gasteiger partial charge in [-0.2, -0.15) is 0 Å². The summed E-state index contributed by atoms with van der Waals surface area (Å²) in [4.78, 5) is 29.8. The zero-order valence-electron chi connectivity index (χ0n) is 17.2. The van der Waals surface area contributed by atoms with Gasteiger partial charge in [0.25, 0.3) is 0 Å². The summed E-state index contributed by atoms with van der Waals surface area (Å²) in [6.45, 7) is 5.17. The Morgan fingerprint density at radius 2 is 2.00 bits per heavy atom. The van der Waals surface area contributed by atoms with Crippen molar-refractivity contribution >= 4 is 23.2 Å². The maximum Gasteiger partial charge on any atom is 0.242 e. The van der Waals surface area contributed by atoms with Gasteiger partial charge in [-0.1, -0.05) is 19.1 Å². The van der Waals surface area contributed by atoms with E-state index >= 15 is 0 Å². The number of para-hydroxylation sites is 2. The molecule has 0 saturated heterocycles. The predicted octanol–water partition coefficient (Wildman–Crippen LogP) is 3.52. The third-order valence-electron chi connectivity index (χ3n) is 5.15. The zero-order valence-corrected chi connectivity index (χ0v) is 18.0. The monoisotopic (exact) mass is 416 g/mol. The zero-order chi connectivity index (χ0) is 20.8. The molecular formula is C22H28N2O4S. The third-order valence-corrected chi connectivity index (χ3v) is 6.14. The minimum atomic E-state index is -0.183. The summed E-state index contributed by atoms with van der Waals surface area (Å²) < 4.78 is 11.5. The normalized spacial score (nSPS) is 15.6. The Balaban J connectivity index is 1.78. The molecule has 0 radical (unpaired) electrons. The second kappa shape index (κ2) is 9.78. The van der Waals surface area contributed by atoms with Crippen molar-refractivity contribution in [3.8, 4) is 11.5 Å². The van der Waals surface area contributed by atoms with Crippen LogP contribution in [0.1, 0.15) is 36.8 Å². The standard InChI is InChI=1S/C22H28N2O4S/c1-4-11-23(16(2)25)14-22(26)24-12-9-21-17(10-13-29-21)18(24)15-28-20-8-6-5-7-19(20)27-3/h5-8,10,13,18H,4,9,11-12,14-15H2,1-3H3. The highest BCUT2D eigenvalue weighted by molar-refractivity contribution is 7.10. The van der Waals surface area contributed by atoms with E-state index in [0.29, 0.717) is 31.2 Å². The van der Waals surface area contributed by atoms with Crippen molar-refractivity contribution in [3.63, 3.8) is 0 Å². The van der Waals surface area contributed by atoms with Crippen LogP contribution in [0.5, 0.6) is 11.5 Å². The van der Waals surface area contributed by atoms with Crippen LogP contribution in [0.3, 0.4) is 0 Å². The van der Waals surface area contributed by atoms with E-state index in [0.717, 1.165) is 18.4 Å². The van der Waals surface area contributed by atoms with Crippen LogP contribution < -0.4 is 9.47 Å². The molecule has 3 rings (SSSR count). The molecule has 156 valence electrons. The van der Waals surface area contributed by atoms with Crippen LogP contribution >= 0.6 is 11.3 Å². The highest BCUT2D eigenvalue weighted by Crippen LogP contribution is 2.35. The molecule has 1 aliphatic rings. The Hall–Kier alpha value is -2.54. The quantitative estimate of drug-likeness (QED) is 0.661. The molecule has 0 bridgehead atoms. The molecule has 6 nitrogen and oxygen atoms in total. The van der Waals surface area contributed by atoms with Crippen LogP contribution in [0.4, 0.5) is 0 Å². The first kappa shape index (κ1) is 21.2. The average Bonchev–Trinajstić information content (AvgIpc) is 3.20. The molecule has 1 unspecified atom stereocenters. The van der Waals surface area contributed by atoms with Gasteiger partial charge < -0.3 is 19.3 Å². The first-order chi connectivity index (χ1) is 14.0. The maximum atomic E-state index is 13.1. The third kappa shape index (κ3) is 4.90. The summed E-state index contributed by atoms with van der Waals surface area (Å²) in [5.74, 6) is 1.20. The summed E-state index contributed by atoms with van der Waals surface area (Å²) in [6.07, 6.45) is 1.65. The number of ether oxygens (including phenoxy) is 2. The van der Waals surface area contributed by atoms with Gasteiger partial charge >= 0.3 is 0 Å². The van der Waals surface area contributed by atoms with Crippen LogP contribution in [0.2, 0.25) is 0 Å². The number of hydrogen-bond donors (Lipinski definition) is 0. The lowest BCUT2D eigenvalue weighted by Crippen LogP contribution is -2.47. The van der Waals surface area contributed by atoms with Crippen molar-refractivity contribution in [2.75, 3.05) is 33.4 Å². The SMILES string of the molecule is CCCN(CC(=O)N1CCc2sccc2C1COc1ccccc1OC)C(C)=O. The van der Waals surface area contributed by atoms with Crippen LogP contribution in [0.15, 0.2) is 35.7 Å². The number of carbonyl (C=O) groups excluding carboxylic acids is 2. The molecule has 7 heteroatoms. The van der Waals surface area contributed by atoms with E-state index in [1.165, 1.54) is 11.8 Å². The number of fused-ring (bicyclic) bond motifs is 1. The van der Waals surface area contributed by atoms with Gasteiger partial charge in [0.05, 0.1) is 19.7 Å². The lowest BCUT2D eigenvalue weighted by molar-refractivity contribution is -0.141. The van der Waals surface area contributed by atoms with Crippen molar-refractivity contribution in [1.82, 2.24) is 9.80 Å². The Bertz CT molecular complexity index is 851. The molecule has 2 amide bonds. The van der Waals surface area contributed by atoms with Gasteiger partial charge in [-0.3, -0.25) is 9.59 Å². The molecule has 0 fully saturated rings. The molecule has 1 aliphatic heterocycles. The van der Waals surface area contributed by atoms with E-state index < -0.39 is 0 Å². The number of carbonyl (C=O) groups is 2. The van der Waals surface area contributed by atoms with E-state index in [2.05, 4.69) is 11.4 Å². The topological polar surface area (TPSA) is 59.1 Å². The molecule has 0 aliphatic carbocycles. The molecule has 1 atom stereocenters. The van der Waals surface area contributed by atoms with Crippen LogP contribution in [-0.2, 0) is 16.0 Å². The molecule has 29 heavy (non-hydrogen) atoms. The molecular weight excluding hydrogens is 388 g/mol. The highest BCUT2D eigenvalue weighted by atomic mass is 32.1. The number of benzene rings is 1. The smallest absolute Gasteiger partial charge is 0.242 e. The van der Waals surface area contributed by atoms with E-state index in [9.17, 15) is 9.59 Å². The minimum Gasteiger partial charge on any atom is -0.493 e. The molecule has 0 spiro atoms. The van der Waals surface area contributed by atoms with E-state index in [4.69, 9.17) is 9.47 Å². The summed E-state index contributed by atoms with van der Waals surface area (Å²) >= 11 is 1.72. The summed E-state index contributed by atoms with van der Waals surface area (Å²) in [6, 6.07) is 9.39. The van der Waals surface area contributed by atoms with Crippen LogP contribution in [-0.4, -0.2) is 55.0 Å². The fourth-order valence-electron chi connectivity index (χ4n) is 3.65. The van der Waals surface area contributed by atoms with Crippen molar-refractivity contribution < 1.29 is 19.1 Å². The summed E-state index contributed by atoms with van der Waals surface area (Å²) in [5, 5.41) is 2.06. The number of nitrogens with zero attached hydrogens (tertiary/aromatic N) is 2. The number of amides is 2. The van der Waals surface area contributed by atoms with E-state index in [-0.39, 0.29) is 24.4 Å². The largest absolute Gasteiger partial charge is 0.493 e. The van der Waals surface area contributed by atoms with Gasteiger partial charge in [0, 0.05) is 24.9 Å². The Morgan fingerprint density at radius 1 is 1.24 bits per heavy atom. The van der Waals surface area contributed by atoms with Gasteiger partial charge in [-0.05, 0) is 42.0 Å². The molecule has 0 N–H and O–H groups in total. The first-order valence-corrected chi connectivity index (χ1v) is 10.8.